The van der Waals surface area contributed by atoms with Crippen molar-refractivity contribution in [3.8, 4) is 0 Å². The molecule has 1 aromatic rings. The van der Waals surface area contributed by atoms with Gasteiger partial charge >= 0.3 is 0 Å². The van der Waals surface area contributed by atoms with E-state index < -0.39 is 0 Å². The van der Waals surface area contributed by atoms with Crippen LogP contribution < -0.4 is 5.32 Å². The molecule has 1 fully saturated rings. The Morgan fingerprint density at radius 1 is 1.56 bits per heavy atom. The Morgan fingerprint density at radius 2 is 2.39 bits per heavy atom. The lowest BCUT2D eigenvalue weighted by Gasteiger charge is -2.03. The van der Waals surface area contributed by atoms with E-state index in [-0.39, 0.29) is 0 Å². The summed E-state index contributed by atoms with van der Waals surface area (Å²) in [5.41, 5.74) is 2.16. The fraction of sp³-hybridized carbons (Fsp3) is 0.692. The Kier molecular flexibility index (Phi) is 4.90. The lowest BCUT2D eigenvalue weighted by atomic mass is 10.3. The van der Waals surface area contributed by atoms with Gasteiger partial charge in [0.2, 0.25) is 0 Å². The minimum atomic E-state index is 0.673. The molecule has 0 aromatic carbocycles. The maximum Gasteiger partial charge on any atom is 0.0964 e. The molecule has 1 saturated carbocycles. The SMILES string of the molecule is C=C(C)CCOCCn1cc(CNC2CC2)nn1. The highest BCUT2D eigenvalue weighted by Gasteiger charge is 2.20. The Hall–Kier alpha value is -1.20. The van der Waals surface area contributed by atoms with Crippen molar-refractivity contribution in [2.24, 2.45) is 0 Å². The van der Waals surface area contributed by atoms with E-state index in [1.165, 1.54) is 12.8 Å². The minimum Gasteiger partial charge on any atom is -0.379 e. The van der Waals surface area contributed by atoms with Crippen LogP contribution in [0.15, 0.2) is 18.3 Å². The molecule has 0 bridgehead atoms. The number of aromatic nitrogens is 3. The smallest absolute Gasteiger partial charge is 0.0964 e. The van der Waals surface area contributed by atoms with Crippen molar-refractivity contribution in [3.05, 3.63) is 24.0 Å². The summed E-state index contributed by atoms with van der Waals surface area (Å²) >= 11 is 0. The number of nitrogens with zero attached hydrogens (tertiary/aromatic N) is 3. The van der Waals surface area contributed by atoms with Crippen molar-refractivity contribution >= 4 is 0 Å². The lowest BCUT2D eigenvalue weighted by molar-refractivity contribution is 0.126. The van der Waals surface area contributed by atoms with E-state index in [4.69, 9.17) is 4.74 Å². The maximum absolute atomic E-state index is 5.50. The van der Waals surface area contributed by atoms with Gasteiger partial charge in [-0.15, -0.1) is 11.7 Å². The van der Waals surface area contributed by atoms with E-state index in [1.54, 1.807) is 0 Å². The average molecular weight is 250 g/mol. The molecule has 0 aliphatic heterocycles. The predicted octanol–water partition coefficient (Wildman–Crippen LogP) is 1.51. The van der Waals surface area contributed by atoms with Gasteiger partial charge in [0.15, 0.2) is 0 Å². The number of hydrogen-bond donors (Lipinski definition) is 1. The molecular weight excluding hydrogens is 228 g/mol. The van der Waals surface area contributed by atoms with Gasteiger partial charge in [-0.1, -0.05) is 10.8 Å². The monoisotopic (exact) mass is 250 g/mol. The van der Waals surface area contributed by atoms with E-state index in [9.17, 15) is 0 Å². The van der Waals surface area contributed by atoms with Crippen LogP contribution in [0.5, 0.6) is 0 Å². The Balaban J connectivity index is 1.58. The molecule has 0 unspecified atom stereocenters. The molecule has 100 valence electrons. The largest absolute Gasteiger partial charge is 0.379 e. The molecule has 18 heavy (non-hydrogen) atoms. The zero-order chi connectivity index (χ0) is 12.8. The van der Waals surface area contributed by atoms with Crippen LogP contribution in [0, 0.1) is 0 Å². The van der Waals surface area contributed by atoms with Gasteiger partial charge in [0.1, 0.15) is 0 Å². The second-order valence-corrected chi connectivity index (χ2v) is 4.95. The van der Waals surface area contributed by atoms with Gasteiger partial charge in [-0.2, -0.15) is 0 Å². The van der Waals surface area contributed by atoms with Gasteiger partial charge in [0.05, 0.1) is 25.5 Å². The average Bonchev–Trinajstić information content (AvgIpc) is 3.06. The summed E-state index contributed by atoms with van der Waals surface area (Å²) in [6, 6.07) is 0.709. The predicted molar refractivity (Wildman–Crippen MR) is 70.1 cm³/mol. The summed E-state index contributed by atoms with van der Waals surface area (Å²) < 4.78 is 7.34. The first-order valence-electron chi connectivity index (χ1n) is 6.58. The van der Waals surface area contributed by atoms with Crippen LogP contribution >= 0.6 is 0 Å². The fourth-order valence-corrected chi connectivity index (χ4v) is 1.57. The quantitative estimate of drug-likeness (QED) is 0.533. The van der Waals surface area contributed by atoms with Crippen molar-refractivity contribution in [1.82, 2.24) is 20.3 Å². The molecule has 1 aliphatic rings. The number of rotatable bonds is 9. The summed E-state index contributed by atoms with van der Waals surface area (Å²) in [6.07, 6.45) is 5.50. The molecule has 0 radical (unpaired) electrons. The van der Waals surface area contributed by atoms with Gasteiger partial charge in [-0.25, -0.2) is 4.68 Å². The van der Waals surface area contributed by atoms with Crippen LogP contribution in [0.2, 0.25) is 0 Å². The third-order valence-electron chi connectivity index (χ3n) is 2.87. The standard InChI is InChI=1S/C13H22N4O/c1-11(2)5-7-18-8-6-17-10-13(15-16-17)9-14-12-3-4-12/h10,12,14H,1,3-9H2,2H3. The van der Waals surface area contributed by atoms with E-state index >= 15 is 0 Å². The van der Waals surface area contributed by atoms with Gasteiger partial charge in [0.25, 0.3) is 0 Å². The minimum absolute atomic E-state index is 0.673. The highest BCUT2D eigenvalue weighted by atomic mass is 16.5. The number of nitrogens with one attached hydrogen (secondary N) is 1. The molecule has 5 nitrogen and oxygen atoms in total. The first-order chi connectivity index (χ1) is 8.74. The van der Waals surface area contributed by atoms with Crippen molar-refractivity contribution in [2.75, 3.05) is 13.2 Å². The van der Waals surface area contributed by atoms with Gasteiger partial charge < -0.3 is 10.1 Å². The van der Waals surface area contributed by atoms with E-state index in [0.29, 0.717) is 12.6 Å². The molecule has 0 atom stereocenters. The number of hydrogen-bond acceptors (Lipinski definition) is 4. The summed E-state index contributed by atoms with van der Waals surface area (Å²) in [4.78, 5) is 0. The Bertz CT molecular complexity index is 384. The first kappa shape index (κ1) is 13.2. The summed E-state index contributed by atoms with van der Waals surface area (Å²) in [5.74, 6) is 0. The molecule has 2 rings (SSSR count). The highest BCUT2D eigenvalue weighted by Crippen LogP contribution is 2.18. The van der Waals surface area contributed by atoms with Crippen LogP contribution in [0.3, 0.4) is 0 Å². The second kappa shape index (κ2) is 6.66. The third-order valence-corrected chi connectivity index (χ3v) is 2.87. The topological polar surface area (TPSA) is 52.0 Å². The van der Waals surface area contributed by atoms with Crippen molar-refractivity contribution in [1.29, 1.82) is 0 Å². The highest BCUT2D eigenvalue weighted by molar-refractivity contribution is 4.94. The summed E-state index contributed by atoms with van der Waals surface area (Å²) in [6.45, 7) is 8.84. The molecule has 5 heteroatoms. The van der Waals surface area contributed by atoms with Crippen LogP contribution in [-0.2, 0) is 17.8 Å². The zero-order valence-corrected chi connectivity index (χ0v) is 11.1. The normalized spacial score (nSPS) is 14.9. The van der Waals surface area contributed by atoms with Gasteiger partial charge in [-0.05, 0) is 26.2 Å². The molecule has 1 heterocycles. The Morgan fingerprint density at radius 3 is 3.11 bits per heavy atom. The van der Waals surface area contributed by atoms with Crippen LogP contribution in [-0.4, -0.2) is 34.2 Å². The number of ether oxygens (including phenoxy) is 1. The van der Waals surface area contributed by atoms with Gasteiger partial charge in [0, 0.05) is 18.8 Å². The fourth-order valence-electron chi connectivity index (χ4n) is 1.57. The molecular formula is C13H22N4O. The molecule has 1 N–H and O–H groups in total. The third kappa shape index (κ3) is 4.98. The Labute approximate surface area is 108 Å². The van der Waals surface area contributed by atoms with Crippen molar-refractivity contribution in [3.63, 3.8) is 0 Å². The van der Waals surface area contributed by atoms with E-state index in [2.05, 4.69) is 22.2 Å². The summed E-state index contributed by atoms with van der Waals surface area (Å²) in [5, 5.41) is 11.6. The molecule has 0 saturated heterocycles. The lowest BCUT2D eigenvalue weighted by Crippen LogP contribution is -2.15. The zero-order valence-electron chi connectivity index (χ0n) is 11.1. The maximum atomic E-state index is 5.50. The van der Waals surface area contributed by atoms with Crippen molar-refractivity contribution < 1.29 is 4.74 Å². The van der Waals surface area contributed by atoms with Crippen LogP contribution in [0.25, 0.3) is 0 Å². The van der Waals surface area contributed by atoms with Crippen LogP contribution in [0.1, 0.15) is 31.9 Å². The molecule has 0 amide bonds. The summed E-state index contributed by atoms with van der Waals surface area (Å²) in [7, 11) is 0. The van der Waals surface area contributed by atoms with Crippen molar-refractivity contribution in [2.45, 2.75) is 45.3 Å². The second-order valence-electron chi connectivity index (χ2n) is 4.95. The molecule has 0 spiro atoms. The molecule has 1 aliphatic carbocycles. The first-order valence-corrected chi connectivity index (χ1v) is 6.58. The van der Waals surface area contributed by atoms with E-state index in [1.807, 2.05) is 17.8 Å². The van der Waals surface area contributed by atoms with Gasteiger partial charge in [-0.3, -0.25) is 0 Å². The van der Waals surface area contributed by atoms with Crippen LogP contribution in [0.4, 0.5) is 0 Å². The molecule has 1 aromatic heterocycles. The van der Waals surface area contributed by atoms with E-state index in [0.717, 1.165) is 37.4 Å².